The Balaban J connectivity index is 1.98. The number of carbonyl (C=O) groups excluding carboxylic acids is 1. The Bertz CT molecular complexity index is 874. The molecule has 130 valence electrons. The molecule has 0 aliphatic rings. The van der Waals surface area contributed by atoms with Crippen molar-refractivity contribution in [2.24, 2.45) is 0 Å². The number of anilines is 1. The zero-order valence-corrected chi connectivity index (χ0v) is 14.0. The van der Waals surface area contributed by atoms with E-state index in [9.17, 15) is 9.18 Å². The molecule has 6 heteroatoms. The number of aromatic amines is 1. The van der Waals surface area contributed by atoms with Gasteiger partial charge in [0.1, 0.15) is 11.6 Å². The lowest BCUT2D eigenvalue weighted by molar-refractivity contribution is -0.144. The molecule has 0 saturated carbocycles. The normalized spacial score (nSPS) is 12.0. The Morgan fingerprint density at radius 3 is 2.68 bits per heavy atom. The first-order valence-electron chi connectivity index (χ1n) is 7.96. The Kier molecular flexibility index (Phi) is 4.88. The van der Waals surface area contributed by atoms with Gasteiger partial charge in [-0.3, -0.25) is 0 Å². The number of aromatic nitrogens is 1. The Hall–Kier alpha value is -3.02. The minimum absolute atomic E-state index is 0.260. The number of halogens is 1. The number of hydrogen-bond acceptors (Lipinski definition) is 4. The maximum absolute atomic E-state index is 13.7. The number of rotatable bonds is 6. The molecule has 1 aromatic heterocycles. The molecule has 0 amide bonds. The smallest absolute Gasteiger partial charge is 0.333 e. The summed E-state index contributed by atoms with van der Waals surface area (Å²) in [5.41, 5.74) is 2.11. The number of methoxy groups -OCH3 is 1. The first-order valence-corrected chi connectivity index (χ1v) is 7.96. The third kappa shape index (κ3) is 3.57. The van der Waals surface area contributed by atoms with Gasteiger partial charge in [0, 0.05) is 28.4 Å². The van der Waals surface area contributed by atoms with Gasteiger partial charge in [0.05, 0.1) is 13.7 Å². The Morgan fingerprint density at radius 2 is 2.00 bits per heavy atom. The van der Waals surface area contributed by atoms with Gasteiger partial charge in [-0.15, -0.1) is 0 Å². The van der Waals surface area contributed by atoms with Crippen molar-refractivity contribution in [2.75, 3.05) is 19.0 Å². The second kappa shape index (κ2) is 7.25. The first kappa shape index (κ1) is 16.8. The fourth-order valence-corrected chi connectivity index (χ4v) is 2.70. The van der Waals surface area contributed by atoms with E-state index >= 15 is 0 Å². The summed E-state index contributed by atoms with van der Waals surface area (Å²) < 4.78 is 24.0. The minimum atomic E-state index is -0.760. The number of hydrogen-bond donors (Lipinski definition) is 2. The highest BCUT2D eigenvalue weighted by Crippen LogP contribution is 2.29. The minimum Gasteiger partial charge on any atom is -0.497 e. The molecular weight excluding hydrogens is 323 g/mol. The Morgan fingerprint density at radius 1 is 1.24 bits per heavy atom. The van der Waals surface area contributed by atoms with Crippen molar-refractivity contribution in [3.8, 4) is 5.75 Å². The largest absolute Gasteiger partial charge is 0.497 e. The lowest BCUT2D eigenvalue weighted by atomic mass is 10.1. The van der Waals surface area contributed by atoms with Gasteiger partial charge in [0.15, 0.2) is 6.04 Å². The molecule has 2 N–H and O–H groups in total. The summed E-state index contributed by atoms with van der Waals surface area (Å²) in [6.07, 6.45) is 1.70. The summed E-state index contributed by atoms with van der Waals surface area (Å²) in [6, 6.07) is 10.9. The molecule has 0 aliphatic heterocycles. The van der Waals surface area contributed by atoms with Crippen LogP contribution in [0.5, 0.6) is 5.75 Å². The molecule has 5 nitrogen and oxygen atoms in total. The summed E-state index contributed by atoms with van der Waals surface area (Å²) >= 11 is 0. The highest BCUT2D eigenvalue weighted by molar-refractivity contribution is 5.91. The molecule has 3 aromatic rings. The average molecular weight is 342 g/mol. The van der Waals surface area contributed by atoms with Crippen molar-refractivity contribution in [3.05, 3.63) is 60.0 Å². The van der Waals surface area contributed by atoms with Gasteiger partial charge in [-0.25, -0.2) is 9.18 Å². The average Bonchev–Trinajstić information content (AvgIpc) is 3.03. The van der Waals surface area contributed by atoms with Crippen LogP contribution in [0.25, 0.3) is 10.9 Å². The zero-order valence-electron chi connectivity index (χ0n) is 14.0. The number of fused-ring (bicyclic) bond motifs is 1. The third-order valence-electron chi connectivity index (χ3n) is 3.91. The van der Waals surface area contributed by atoms with Crippen molar-refractivity contribution in [3.63, 3.8) is 0 Å². The van der Waals surface area contributed by atoms with Crippen LogP contribution in [0.1, 0.15) is 18.5 Å². The molecule has 1 atom stereocenters. The van der Waals surface area contributed by atoms with Crippen molar-refractivity contribution in [1.82, 2.24) is 4.98 Å². The van der Waals surface area contributed by atoms with Crippen molar-refractivity contribution in [2.45, 2.75) is 13.0 Å². The second-order valence-electron chi connectivity index (χ2n) is 5.49. The van der Waals surface area contributed by atoms with E-state index in [0.717, 1.165) is 11.2 Å². The molecule has 2 aromatic carbocycles. The van der Waals surface area contributed by atoms with Crippen molar-refractivity contribution in [1.29, 1.82) is 0 Å². The predicted molar refractivity (Wildman–Crippen MR) is 94.2 cm³/mol. The summed E-state index contributed by atoms with van der Waals surface area (Å²) in [4.78, 5) is 15.5. The third-order valence-corrected chi connectivity index (χ3v) is 3.91. The fourth-order valence-electron chi connectivity index (χ4n) is 2.70. The number of nitrogens with one attached hydrogen (secondary N) is 2. The first-order chi connectivity index (χ1) is 12.1. The molecule has 3 rings (SSSR count). The molecule has 0 saturated heterocycles. The molecule has 0 bridgehead atoms. The lowest BCUT2D eigenvalue weighted by Gasteiger charge is -2.18. The van der Waals surface area contributed by atoms with Gasteiger partial charge in [-0.1, -0.05) is 0 Å². The fraction of sp³-hybridized carbons (Fsp3) is 0.211. The molecule has 0 radical (unpaired) electrons. The maximum Gasteiger partial charge on any atom is 0.333 e. The van der Waals surface area contributed by atoms with Crippen molar-refractivity contribution >= 4 is 22.6 Å². The summed E-state index contributed by atoms with van der Waals surface area (Å²) in [7, 11) is 1.59. The van der Waals surface area contributed by atoms with Crippen LogP contribution in [-0.2, 0) is 9.53 Å². The van der Waals surface area contributed by atoms with Crippen LogP contribution in [0, 0.1) is 5.82 Å². The SMILES string of the molecule is CCOC(=O)[C@@H](Nc1ccc(OC)cc1)c1c[nH]c2ccc(F)cc12. The molecule has 1 heterocycles. The molecule has 25 heavy (non-hydrogen) atoms. The summed E-state index contributed by atoms with van der Waals surface area (Å²) in [5.74, 6) is -0.0729. The number of H-pyrrole nitrogens is 1. The van der Waals surface area contributed by atoms with E-state index in [0.29, 0.717) is 16.7 Å². The van der Waals surface area contributed by atoms with Gasteiger partial charge in [0.2, 0.25) is 0 Å². The van der Waals surface area contributed by atoms with Crippen LogP contribution in [0.2, 0.25) is 0 Å². The van der Waals surface area contributed by atoms with E-state index in [2.05, 4.69) is 10.3 Å². The quantitative estimate of drug-likeness (QED) is 0.664. The number of esters is 1. The predicted octanol–water partition coefficient (Wildman–Crippen LogP) is 4.03. The van der Waals surface area contributed by atoms with E-state index in [-0.39, 0.29) is 12.4 Å². The van der Waals surface area contributed by atoms with E-state index in [1.165, 1.54) is 12.1 Å². The van der Waals surface area contributed by atoms with Crippen LogP contribution in [0.15, 0.2) is 48.7 Å². The van der Waals surface area contributed by atoms with E-state index in [1.54, 1.807) is 50.6 Å². The number of ether oxygens (including phenoxy) is 2. The summed E-state index contributed by atoms with van der Waals surface area (Å²) in [6.45, 7) is 2.01. The van der Waals surface area contributed by atoms with Gasteiger partial charge >= 0.3 is 5.97 Å². The summed E-state index contributed by atoms with van der Waals surface area (Å²) in [5, 5.41) is 3.79. The van der Waals surface area contributed by atoms with Crippen molar-refractivity contribution < 1.29 is 18.7 Å². The van der Waals surface area contributed by atoms with E-state index in [4.69, 9.17) is 9.47 Å². The Labute approximate surface area is 144 Å². The molecule has 0 aliphatic carbocycles. The maximum atomic E-state index is 13.7. The number of carbonyl (C=O) groups is 1. The molecule has 0 unspecified atom stereocenters. The standard InChI is InChI=1S/C19H19FN2O3/c1-3-25-19(23)18(22-13-5-7-14(24-2)8-6-13)16-11-21-17-9-4-12(20)10-15(16)17/h4-11,18,21-22H,3H2,1-2H3/t18-/m0/s1. The second-order valence-corrected chi connectivity index (χ2v) is 5.49. The van der Waals surface area contributed by atoms with E-state index in [1.807, 2.05) is 0 Å². The molecule has 0 fully saturated rings. The van der Waals surface area contributed by atoms with Crippen LogP contribution in [0.4, 0.5) is 10.1 Å². The molecular formula is C19H19FN2O3. The topological polar surface area (TPSA) is 63.4 Å². The lowest BCUT2D eigenvalue weighted by Crippen LogP contribution is -2.23. The van der Waals surface area contributed by atoms with Crippen LogP contribution >= 0.6 is 0 Å². The van der Waals surface area contributed by atoms with Gasteiger partial charge in [0.25, 0.3) is 0 Å². The van der Waals surface area contributed by atoms with Crippen LogP contribution < -0.4 is 10.1 Å². The number of benzene rings is 2. The van der Waals surface area contributed by atoms with Gasteiger partial charge in [-0.2, -0.15) is 0 Å². The molecule has 0 spiro atoms. The van der Waals surface area contributed by atoms with Crippen LogP contribution in [-0.4, -0.2) is 24.7 Å². The highest BCUT2D eigenvalue weighted by Gasteiger charge is 2.25. The highest BCUT2D eigenvalue weighted by atomic mass is 19.1. The van der Waals surface area contributed by atoms with E-state index < -0.39 is 12.0 Å². The van der Waals surface area contributed by atoms with Gasteiger partial charge in [-0.05, 0) is 49.4 Å². The monoisotopic (exact) mass is 342 g/mol. The van der Waals surface area contributed by atoms with Crippen LogP contribution in [0.3, 0.4) is 0 Å². The zero-order chi connectivity index (χ0) is 17.8. The van der Waals surface area contributed by atoms with Gasteiger partial charge < -0.3 is 19.8 Å².